The van der Waals surface area contributed by atoms with Gasteiger partial charge in [-0.2, -0.15) is 14.7 Å². The number of imide groups is 1. The highest BCUT2D eigenvalue weighted by Gasteiger charge is 2.30. The van der Waals surface area contributed by atoms with E-state index in [2.05, 4.69) is 100 Å². The number of carbonyl (C=O) groups is 3. The Morgan fingerprint density at radius 1 is 0.731 bits per heavy atom. The normalized spacial score (nSPS) is 12.2. The van der Waals surface area contributed by atoms with E-state index in [-0.39, 0.29) is 64.4 Å². The molecule has 0 atom stereocenters. The van der Waals surface area contributed by atoms with Gasteiger partial charge in [-0.25, -0.2) is 9.59 Å². The monoisotopic (exact) mass is 979 g/mol. The van der Waals surface area contributed by atoms with Gasteiger partial charge in [0.25, 0.3) is 16.7 Å². The molecule has 0 radical (unpaired) electrons. The molecular weight excluding hydrogens is 907 g/mol. The van der Waals surface area contributed by atoms with Crippen molar-refractivity contribution >= 4 is 46.9 Å². The fourth-order valence-electron chi connectivity index (χ4n) is 3.96. The molecule has 0 aliphatic carbocycles. The summed E-state index contributed by atoms with van der Waals surface area (Å²) in [6, 6.07) is 2.49. The quantitative estimate of drug-likeness (QED) is 0.0824. The average Bonchev–Trinajstić information content (AvgIpc) is 4.09. The molecular formula is C44H73N11O10S2. The molecule has 2 aliphatic heterocycles. The average molecular weight is 980 g/mol. The maximum absolute atomic E-state index is 11.4. The van der Waals surface area contributed by atoms with Crippen LogP contribution in [0.25, 0.3) is 0 Å². The van der Waals surface area contributed by atoms with Gasteiger partial charge in [0.1, 0.15) is 12.0 Å². The molecule has 376 valence electrons. The first-order valence-corrected chi connectivity index (χ1v) is 23.3. The molecule has 67 heavy (non-hydrogen) atoms. The lowest BCUT2D eigenvalue weighted by molar-refractivity contribution is -0.140. The molecule has 0 bridgehead atoms. The highest BCUT2D eigenvalue weighted by atomic mass is 32.1. The number of aromatic nitrogens is 8. The predicted octanol–water partition coefficient (Wildman–Crippen LogP) is 7.97. The van der Waals surface area contributed by atoms with Gasteiger partial charge in [-0.1, -0.05) is 119 Å². The molecule has 3 amide bonds. The van der Waals surface area contributed by atoms with Gasteiger partial charge in [0.2, 0.25) is 5.91 Å². The van der Waals surface area contributed by atoms with Crippen LogP contribution in [0.15, 0.2) is 69.6 Å². The van der Waals surface area contributed by atoms with E-state index in [1.165, 1.54) is 47.4 Å². The third-order valence-electron chi connectivity index (χ3n) is 7.17. The summed E-state index contributed by atoms with van der Waals surface area (Å²) in [6.45, 7) is 34.4. The molecule has 0 unspecified atom stereocenters. The Hall–Kier alpha value is -6.10. The van der Waals surface area contributed by atoms with Crippen molar-refractivity contribution in [1.29, 1.82) is 0 Å². The van der Waals surface area contributed by atoms with E-state index in [0.29, 0.717) is 29.5 Å². The summed E-state index contributed by atoms with van der Waals surface area (Å²) in [5.41, 5.74) is 2.76. The Kier molecular flexibility index (Phi) is 33.0. The van der Waals surface area contributed by atoms with E-state index in [1.54, 1.807) is 12.3 Å². The number of rotatable bonds is 5. The van der Waals surface area contributed by atoms with Crippen LogP contribution in [-0.2, 0) is 14.4 Å². The number of aromatic amines is 4. The number of urea groups is 1. The SMILES string of the molecule is CC(C)C.CC(C)C.CC(C)C1=NOC(=O)C1.CC(C)N1C(=O)CNC1=O.CC(C)c1nn[nH]n1.CC(C)c1ns[nH]c1=O.Cc1cocc(C(C)C)c1=O.O=c1cco[nH]1.O=c1ccs[nH]1. The second kappa shape index (κ2) is 35.1. The summed E-state index contributed by atoms with van der Waals surface area (Å²) in [5, 5.41) is 23.1. The Morgan fingerprint density at radius 2 is 1.34 bits per heavy atom. The first kappa shape index (κ1) is 63.0. The van der Waals surface area contributed by atoms with Gasteiger partial charge in [0.05, 0.1) is 31.2 Å². The lowest BCUT2D eigenvalue weighted by atomic mass is 10.0. The zero-order chi connectivity index (χ0) is 51.8. The minimum atomic E-state index is -0.278. The second-order valence-electron chi connectivity index (χ2n) is 17.2. The van der Waals surface area contributed by atoms with E-state index in [1.807, 2.05) is 69.2 Å². The first-order chi connectivity index (χ1) is 31.2. The third kappa shape index (κ3) is 30.7. The molecule has 0 spiro atoms. The maximum Gasteiger partial charge on any atom is 0.340 e. The highest BCUT2D eigenvalue weighted by Crippen LogP contribution is 2.10. The number of aryl methyl sites for hydroxylation is 1. The molecule has 5 N–H and O–H groups in total. The van der Waals surface area contributed by atoms with Gasteiger partial charge in [0, 0.05) is 58.2 Å². The Morgan fingerprint density at radius 3 is 1.57 bits per heavy atom. The summed E-state index contributed by atoms with van der Waals surface area (Å²) in [5.74, 6) is 3.24. The number of hydrogen-bond donors (Lipinski definition) is 5. The van der Waals surface area contributed by atoms with Crippen LogP contribution in [0, 0.1) is 24.7 Å². The van der Waals surface area contributed by atoms with Gasteiger partial charge in [0.15, 0.2) is 11.3 Å². The van der Waals surface area contributed by atoms with Crippen LogP contribution in [0.4, 0.5) is 4.79 Å². The van der Waals surface area contributed by atoms with E-state index >= 15 is 0 Å². The topological polar surface area (TPSA) is 297 Å². The van der Waals surface area contributed by atoms with E-state index in [0.717, 1.165) is 40.7 Å². The molecule has 7 rings (SSSR count). The van der Waals surface area contributed by atoms with Gasteiger partial charge < -0.3 is 19.1 Å². The van der Waals surface area contributed by atoms with Gasteiger partial charge in [-0.3, -0.25) is 37.6 Å². The highest BCUT2D eigenvalue weighted by molar-refractivity contribution is 7.03. The number of tetrazole rings is 1. The summed E-state index contributed by atoms with van der Waals surface area (Å²) >= 11 is 2.41. The standard InChI is InChI=1S/C9H12O2.C6H10N2O2.C6H9NO2.C5H8N2OS.C4H8N4.2C4H10.C3H3NO2.C3H3NOS/c1-6(2)8-5-11-4-7(3)9(8)10;1-4(2)8-5(9)3-7-6(8)10;1-4(2)5-3-6(8)9-7-5;1-3(2)4-5(8)7-9-6-4;1-3(2)4-5-7-8-6-4;2*1-4(2)3;2*5-3-1-2-6-4-3/h4-6H,1-3H3;4H,3H2,1-2H3,(H,7,10);4H,3H2,1-2H3;3H,1-2H3,(H,7,8);3H,1-2H3,(H,5,6,7,8);2*4H,1-3H3;2*1-2H,(H,4,5). The van der Waals surface area contributed by atoms with Gasteiger partial charge in [-0.15, -0.1) is 10.2 Å². The van der Waals surface area contributed by atoms with Crippen LogP contribution in [0.1, 0.15) is 158 Å². The molecule has 21 nitrogen and oxygen atoms in total. The zero-order valence-corrected chi connectivity index (χ0v) is 43.6. The molecule has 1 fully saturated rings. The largest absolute Gasteiger partial charge is 0.472 e. The van der Waals surface area contributed by atoms with Crippen molar-refractivity contribution in [3.63, 3.8) is 0 Å². The van der Waals surface area contributed by atoms with Crippen molar-refractivity contribution in [2.45, 2.75) is 148 Å². The van der Waals surface area contributed by atoms with Crippen LogP contribution < -0.4 is 27.4 Å². The number of H-pyrrole nitrogens is 4. The molecule has 7 heterocycles. The number of oxime groups is 1. The molecule has 2 aliphatic rings. The summed E-state index contributed by atoms with van der Waals surface area (Å²) < 4.78 is 18.2. The third-order valence-corrected chi connectivity index (χ3v) is 8.32. The van der Waals surface area contributed by atoms with Gasteiger partial charge in [-0.05, 0) is 44.4 Å². The Labute approximate surface area is 400 Å². The predicted molar refractivity (Wildman–Crippen MR) is 263 cm³/mol. The minimum Gasteiger partial charge on any atom is -0.472 e. The fourth-order valence-corrected chi connectivity index (χ4v) is 5.03. The first-order valence-electron chi connectivity index (χ1n) is 21.7. The molecule has 0 saturated carbocycles. The van der Waals surface area contributed by atoms with Gasteiger partial charge >= 0.3 is 12.0 Å². The van der Waals surface area contributed by atoms with E-state index < -0.39 is 0 Å². The molecule has 0 aromatic carbocycles. The Balaban J connectivity index is 0. The van der Waals surface area contributed by atoms with Crippen molar-refractivity contribution in [2.75, 3.05) is 6.54 Å². The number of nitrogens with zero attached hydrogens (tertiary/aromatic N) is 6. The number of amides is 3. The smallest absolute Gasteiger partial charge is 0.340 e. The van der Waals surface area contributed by atoms with E-state index in [4.69, 9.17) is 4.42 Å². The molecule has 23 heteroatoms. The summed E-state index contributed by atoms with van der Waals surface area (Å²) in [4.78, 5) is 79.8. The molecule has 1 saturated heterocycles. The van der Waals surface area contributed by atoms with Crippen molar-refractivity contribution in [3.05, 3.63) is 100 Å². The van der Waals surface area contributed by atoms with Crippen molar-refractivity contribution in [1.82, 2.24) is 49.1 Å². The number of nitrogens with one attached hydrogen (secondary N) is 5. The summed E-state index contributed by atoms with van der Waals surface area (Å²) in [7, 11) is 0. The number of carbonyl (C=O) groups excluding carboxylic acids is 3. The lowest BCUT2D eigenvalue weighted by Crippen LogP contribution is -2.36. The summed E-state index contributed by atoms with van der Waals surface area (Å²) in [6.07, 6.45) is 4.67. The Bertz CT molecular complexity index is 2230. The molecule has 5 aromatic heterocycles. The maximum atomic E-state index is 11.4. The zero-order valence-electron chi connectivity index (χ0n) is 42.0. The molecule has 5 aromatic rings. The van der Waals surface area contributed by atoms with Crippen LogP contribution in [0.2, 0.25) is 0 Å². The van der Waals surface area contributed by atoms with E-state index in [9.17, 15) is 33.6 Å². The van der Waals surface area contributed by atoms with Crippen LogP contribution in [0.5, 0.6) is 0 Å². The van der Waals surface area contributed by atoms with Crippen molar-refractivity contribution < 1.29 is 28.2 Å². The van der Waals surface area contributed by atoms with Crippen LogP contribution in [0.3, 0.4) is 0 Å². The fraction of sp³-hybridized carbons (Fsp3) is 0.591. The van der Waals surface area contributed by atoms with Crippen molar-refractivity contribution in [2.24, 2.45) is 22.9 Å². The van der Waals surface area contributed by atoms with Crippen LogP contribution in [-0.4, -0.2) is 80.0 Å². The minimum absolute atomic E-state index is 0.0139. The lowest BCUT2D eigenvalue weighted by Gasteiger charge is -2.15. The van der Waals surface area contributed by atoms with Crippen LogP contribution >= 0.6 is 23.3 Å². The number of hydrogen-bond acceptors (Lipinski definition) is 17. The van der Waals surface area contributed by atoms with Crippen molar-refractivity contribution in [3.8, 4) is 0 Å². The second-order valence-corrected chi connectivity index (χ2v) is 18.5.